The van der Waals surface area contributed by atoms with Crippen molar-refractivity contribution in [3.05, 3.63) is 63.7 Å². The molecule has 10 heteroatoms. The largest absolute Gasteiger partial charge is 0.573 e. The Labute approximate surface area is 165 Å². The molecule has 29 heavy (non-hydrogen) atoms. The van der Waals surface area contributed by atoms with Gasteiger partial charge < -0.3 is 14.8 Å². The average Bonchev–Trinajstić information content (AvgIpc) is 2.69. The third kappa shape index (κ3) is 5.15. The van der Waals surface area contributed by atoms with E-state index < -0.39 is 11.3 Å². The highest BCUT2D eigenvalue weighted by atomic mass is 19.4. The van der Waals surface area contributed by atoms with Gasteiger partial charge in [-0.25, -0.2) is 0 Å². The van der Waals surface area contributed by atoms with E-state index in [1.165, 1.54) is 31.4 Å². The minimum atomic E-state index is -4.77. The van der Waals surface area contributed by atoms with Gasteiger partial charge in [-0.05, 0) is 29.3 Å². The van der Waals surface area contributed by atoms with Crippen LogP contribution >= 0.6 is 0 Å². The first-order chi connectivity index (χ1) is 13.8. The fourth-order valence-corrected chi connectivity index (χ4v) is 3.43. The van der Waals surface area contributed by atoms with Gasteiger partial charge in [-0.1, -0.05) is 18.2 Å². The number of piperazine rings is 1. The number of benzene rings is 2. The van der Waals surface area contributed by atoms with Crippen LogP contribution in [0.2, 0.25) is 0 Å². The lowest BCUT2D eigenvalue weighted by Gasteiger charge is -2.35. The zero-order valence-corrected chi connectivity index (χ0v) is 15.6. The zero-order chi connectivity index (χ0) is 21.0. The van der Waals surface area contributed by atoms with Gasteiger partial charge in [-0.3, -0.25) is 15.0 Å². The summed E-state index contributed by atoms with van der Waals surface area (Å²) < 4.78 is 46.3. The number of alkyl halides is 3. The molecule has 2 aromatic carbocycles. The topological polar surface area (TPSA) is 76.9 Å². The van der Waals surface area contributed by atoms with Gasteiger partial charge in [0, 0.05) is 32.2 Å². The van der Waals surface area contributed by atoms with Gasteiger partial charge >= 0.3 is 12.0 Å². The summed E-state index contributed by atoms with van der Waals surface area (Å²) in [5.74, 6) is -0.173. The Hall–Kier alpha value is -2.85. The summed E-state index contributed by atoms with van der Waals surface area (Å²) in [6.45, 7) is 2.85. The summed E-state index contributed by atoms with van der Waals surface area (Å²) in [5, 5.41) is 14.7. The summed E-state index contributed by atoms with van der Waals surface area (Å²) in [5.41, 5.74) is 1.20. The number of nitrogens with zero attached hydrogens (tertiary/aromatic N) is 2. The van der Waals surface area contributed by atoms with Crippen molar-refractivity contribution in [1.29, 1.82) is 0 Å². The lowest BCUT2D eigenvalue weighted by Crippen LogP contribution is -2.45. The number of nitro groups is 1. The third-order valence-corrected chi connectivity index (χ3v) is 4.66. The maximum Gasteiger partial charge on any atom is 0.573 e. The van der Waals surface area contributed by atoms with E-state index in [0.717, 1.165) is 13.1 Å². The Morgan fingerprint density at radius 3 is 2.28 bits per heavy atom. The van der Waals surface area contributed by atoms with Crippen molar-refractivity contribution in [2.24, 2.45) is 0 Å². The summed E-state index contributed by atoms with van der Waals surface area (Å²) >= 11 is 0. The number of ether oxygens (including phenoxy) is 2. The summed E-state index contributed by atoms with van der Waals surface area (Å²) in [6.07, 6.45) is -4.77. The van der Waals surface area contributed by atoms with Crippen LogP contribution in [-0.2, 0) is 0 Å². The predicted octanol–water partition coefficient (Wildman–Crippen LogP) is 3.50. The fraction of sp³-hybridized carbons (Fsp3) is 0.368. The molecule has 0 unspecified atom stereocenters. The molecule has 0 aromatic heterocycles. The van der Waals surface area contributed by atoms with Crippen LogP contribution in [0.3, 0.4) is 0 Å². The number of rotatable bonds is 6. The molecule has 0 aliphatic carbocycles. The van der Waals surface area contributed by atoms with Crippen LogP contribution in [-0.4, -0.2) is 49.5 Å². The molecule has 0 amide bonds. The minimum Gasteiger partial charge on any atom is -0.490 e. The van der Waals surface area contributed by atoms with Gasteiger partial charge in [-0.15, -0.1) is 13.2 Å². The quantitative estimate of drug-likeness (QED) is 0.579. The van der Waals surface area contributed by atoms with E-state index in [1.807, 2.05) is 0 Å². The summed E-state index contributed by atoms with van der Waals surface area (Å²) in [4.78, 5) is 13.0. The van der Waals surface area contributed by atoms with Crippen LogP contribution in [0.1, 0.15) is 17.2 Å². The number of hydrogen-bond donors (Lipinski definition) is 1. The van der Waals surface area contributed by atoms with E-state index >= 15 is 0 Å². The molecule has 7 nitrogen and oxygen atoms in total. The van der Waals surface area contributed by atoms with Crippen LogP contribution in [0.4, 0.5) is 18.9 Å². The minimum absolute atomic E-state index is 0.145. The van der Waals surface area contributed by atoms with Crippen molar-refractivity contribution in [3.63, 3.8) is 0 Å². The van der Waals surface area contributed by atoms with Crippen molar-refractivity contribution in [1.82, 2.24) is 10.2 Å². The van der Waals surface area contributed by atoms with Crippen molar-refractivity contribution >= 4 is 5.69 Å². The van der Waals surface area contributed by atoms with Gasteiger partial charge in [-0.2, -0.15) is 0 Å². The number of halogens is 3. The maximum absolute atomic E-state index is 12.4. The standard InChI is InChI=1S/C19H20F3N3O4/c1-28-17-7-4-14(12-16(17)25(26)27)18(24-10-8-23-9-11-24)13-2-5-15(6-3-13)29-19(20,21)22/h2-7,12,18,23H,8-11H2,1H3/t18-/m0/s1. The molecule has 1 fully saturated rings. The first-order valence-corrected chi connectivity index (χ1v) is 8.91. The molecule has 3 rings (SSSR count). The number of methoxy groups -OCH3 is 1. The number of nitro benzene ring substituents is 1. The molecule has 2 aromatic rings. The zero-order valence-electron chi connectivity index (χ0n) is 15.6. The molecule has 1 saturated heterocycles. The second-order valence-electron chi connectivity index (χ2n) is 6.49. The highest BCUT2D eigenvalue weighted by Gasteiger charge is 2.31. The first-order valence-electron chi connectivity index (χ1n) is 8.91. The molecule has 0 bridgehead atoms. The summed E-state index contributed by atoms with van der Waals surface area (Å²) in [7, 11) is 1.36. The normalized spacial score (nSPS) is 16.3. The second-order valence-corrected chi connectivity index (χ2v) is 6.49. The highest BCUT2D eigenvalue weighted by molar-refractivity contribution is 5.51. The molecule has 1 atom stereocenters. The Morgan fingerprint density at radius 1 is 1.10 bits per heavy atom. The SMILES string of the molecule is COc1ccc([C@H](c2ccc(OC(F)(F)F)cc2)N2CCNCC2)cc1[N+](=O)[O-]. The van der Waals surface area contributed by atoms with Crippen LogP contribution in [0, 0.1) is 10.1 Å². The molecule has 0 saturated carbocycles. The Morgan fingerprint density at radius 2 is 1.72 bits per heavy atom. The van der Waals surface area contributed by atoms with E-state index in [1.54, 1.807) is 18.2 Å². The molecule has 156 valence electrons. The molecule has 0 spiro atoms. The van der Waals surface area contributed by atoms with Gasteiger partial charge in [0.1, 0.15) is 5.75 Å². The first kappa shape index (κ1) is 20.9. The monoisotopic (exact) mass is 411 g/mol. The van der Waals surface area contributed by atoms with E-state index in [9.17, 15) is 23.3 Å². The van der Waals surface area contributed by atoms with Crippen molar-refractivity contribution < 1.29 is 27.6 Å². The molecule has 1 heterocycles. The summed E-state index contributed by atoms with van der Waals surface area (Å²) in [6, 6.07) is 9.94. The Kier molecular flexibility index (Phi) is 6.23. The van der Waals surface area contributed by atoms with Gasteiger partial charge in [0.15, 0.2) is 5.75 Å². The van der Waals surface area contributed by atoms with Crippen LogP contribution in [0.25, 0.3) is 0 Å². The van der Waals surface area contributed by atoms with Crippen molar-refractivity contribution in [3.8, 4) is 11.5 Å². The van der Waals surface area contributed by atoms with Crippen molar-refractivity contribution in [2.75, 3.05) is 33.3 Å². The molecule has 1 aliphatic heterocycles. The molecule has 1 aliphatic rings. The molecule has 0 radical (unpaired) electrons. The molecular weight excluding hydrogens is 391 g/mol. The number of hydrogen-bond acceptors (Lipinski definition) is 6. The van der Waals surface area contributed by atoms with Gasteiger partial charge in [0.2, 0.25) is 0 Å². The van der Waals surface area contributed by atoms with Crippen LogP contribution < -0.4 is 14.8 Å². The highest BCUT2D eigenvalue weighted by Crippen LogP contribution is 2.36. The van der Waals surface area contributed by atoms with Crippen LogP contribution in [0.15, 0.2) is 42.5 Å². The lowest BCUT2D eigenvalue weighted by atomic mass is 9.95. The van der Waals surface area contributed by atoms with Crippen LogP contribution in [0.5, 0.6) is 11.5 Å². The lowest BCUT2D eigenvalue weighted by molar-refractivity contribution is -0.385. The predicted molar refractivity (Wildman–Crippen MR) is 99.1 cm³/mol. The van der Waals surface area contributed by atoms with E-state index in [0.29, 0.717) is 24.2 Å². The fourth-order valence-electron chi connectivity index (χ4n) is 3.43. The molecule has 1 N–H and O–H groups in total. The average molecular weight is 411 g/mol. The Balaban J connectivity index is 1.99. The van der Waals surface area contributed by atoms with Gasteiger partial charge in [0.25, 0.3) is 0 Å². The van der Waals surface area contributed by atoms with Gasteiger partial charge in [0.05, 0.1) is 18.1 Å². The smallest absolute Gasteiger partial charge is 0.490 e. The second kappa shape index (κ2) is 8.66. The third-order valence-electron chi connectivity index (χ3n) is 4.66. The van der Waals surface area contributed by atoms with Crippen molar-refractivity contribution in [2.45, 2.75) is 12.4 Å². The Bertz CT molecular complexity index is 853. The van der Waals surface area contributed by atoms with E-state index in [-0.39, 0.29) is 23.2 Å². The van der Waals surface area contributed by atoms with E-state index in [4.69, 9.17) is 4.74 Å². The number of nitrogens with one attached hydrogen (secondary N) is 1. The van der Waals surface area contributed by atoms with E-state index in [2.05, 4.69) is 15.0 Å². The maximum atomic E-state index is 12.4. The molecular formula is C19H20F3N3O4.